The molecule has 1 saturated heterocycles. The van der Waals surface area contributed by atoms with E-state index in [2.05, 4.69) is 12.2 Å². The van der Waals surface area contributed by atoms with Crippen LogP contribution in [0.1, 0.15) is 51.7 Å². The van der Waals surface area contributed by atoms with Gasteiger partial charge in [-0.15, -0.1) is 0 Å². The van der Waals surface area contributed by atoms with Crippen LogP contribution < -0.4 is 10.2 Å². The number of nitrogens with one attached hydrogen (secondary N) is 1. The number of fused-ring (bicyclic) bond motifs is 1. The van der Waals surface area contributed by atoms with Crippen LogP contribution >= 0.6 is 0 Å². The minimum atomic E-state index is -3.65. The van der Waals surface area contributed by atoms with Crippen LogP contribution in [0.2, 0.25) is 0 Å². The van der Waals surface area contributed by atoms with E-state index < -0.39 is 15.4 Å². The van der Waals surface area contributed by atoms with Gasteiger partial charge in [-0.1, -0.05) is 32.0 Å². The lowest BCUT2D eigenvalue weighted by Crippen LogP contribution is -2.40. The van der Waals surface area contributed by atoms with Gasteiger partial charge < -0.3 is 10.2 Å². The molecule has 4 rings (SSSR count). The Morgan fingerprint density at radius 3 is 2.62 bits per heavy atom. The van der Waals surface area contributed by atoms with Gasteiger partial charge in [0.05, 0.1) is 10.3 Å². The van der Waals surface area contributed by atoms with E-state index in [4.69, 9.17) is 0 Å². The van der Waals surface area contributed by atoms with E-state index in [-0.39, 0.29) is 23.3 Å². The van der Waals surface area contributed by atoms with Crippen molar-refractivity contribution in [1.29, 1.82) is 0 Å². The quantitative estimate of drug-likeness (QED) is 0.674. The standard InChI is InChI=1S/C26H33N3O4S/c1-5-19-10-6-7-11-22(19)27-24(30)17-29-23-13-12-20(15-21(23)26(3,4)25(29)31)34(32,33)28-14-8-9-18(2)16-28/h6-7,10-13,15,18H,5,8-9,14,16-17H2,1-4H3,(H,27,30). The Kier molecular flexibility index (Phi) is 6.57. The molecule has 7 nitrogen and oxygen atoms in total. The Labute approximate surface area is 202 Å². The number of hydrogen-bond acceptors (Lipinski definition) is 4. The van der Waals surface area contributed by atoms with Crippen molar-refractivity contribution in [3.8, 4) is 0 Å². The molecule has 0 aromatic heterocycles. The molecule has 2 aliphatic rings. The first-order chi connectivity index (χ1) is 16.1. The second-order valence-corrected chi connectivity index (χ2v) is 11.8. The number of rotatable bonds is 6. The van der Waals surface area contributed by atoms with Crippen molar-refractivity contribution in [3.05, 3.63) is 53.6 Å². The van der Waals surface area contributed by atoms with Gasteiger partial charge in [0, 0.05) is 24.5 Å². The average Bonchev–Trinajstić information content (AvgIpc) is 2.99. The minimum Gasteiger partial charge on any atom is -0.324 e. The number of aryl methyl sites for hydroxylation is 1. The first-order valence-electron chi connectivity index (χ1n) is 11.9. The van der Waals surface area contributed by atoms with Crippen molar-refractivity contribution < 1.29 is 18.0 Å². The molecule has 1 unspecified atom stereocenters. The molecule has 0 spiro atoms. The molecule has 2 aromatic carbocycles. The number of anilines is 2. The molecular weight excluding hydrogens is 450 g/mol. The SMILES string of the molecule is CCc1ccccc1NC(=O)CN1C(=O)C(C)(C)c2cc(S(=O)(=O)N3CCCC(C)C3)ccc21. The summed E-state index contributed by atoms with van der Waals surface area (Å²) < 4.78 is 28.2. The van der Waals surface area contributed by atoms with Gasteiger partial charge in [-0.2, -0.15) is 4.31 Å². The number of nitrogens with zero attached hydrogens (tertiary/aromatic N) is 2. The Morgan fingerprint density at radius 1 is 1.18 bits per heavy atom. The van der Waals surface area contributed by atoms with Gasteiger partial charge >= 0.3 is 0 Å². The monoisotopic (exact) mass is 483 g/mol. The summed E-state index contributed by atoms with van der Waals surface area (Å²) in [5, 5.41) is 2.91. The zero-order valence-electron chi connectivity index (χ0n) is 20.3. The number of para-hydroxylation sites is 1. The van der Waals surface area contributed by atoms with E-state index in [9.17, 15) is 18.0 Å². The molecule has 2 aliphatic heterocycles. The molecule has 182 valence electrons. The van der Waals surface area contributed by atoms with Gasteiger partial charge in [0.2, 0.25) is 21.8 Å². The third-order valence-electron chi connectivity index (χ3n) is 6.94. The summed E-state index contributed by atoms with van der Waals surface area (Å²) in [6.45, 7) is 8.52. The molecular formula is C26H33N3O4S. The summed E-state index contributed by atoms with van der Waals surface area (Å²) in [6.07, 6.45) is 2.65. The molecule has 1 fully saturated rings. The zero-order valence-corrected chi connectivity index (χ0v) is 21.1. The fourth-order valence-corrected chi connectivity index (χ4v) is 6.55. The normalized spacial score (nSPS) is 20.3. The predicted molar refractivity (Wildman–Crippen MR) is 133 cm³/mol. The highest BCUT2D eigenvalue weighted by Gasteiger charge is 2.45. The highest BCUT2D eigenvalue weighted by Crippen LogP contribution is 2.43. The number of amides is 2. The van der Waals surface area contributed by atoms with Gasteiger partial charge in [0.15, 0.2) is 0 Å². The van der Waals surface area contributed by atoms with Crippen molar-refractivity contribution in [2.24, 2.45) is 5.92 Å². The Bertz CT molecular complexity index is 1220. The number of carbonyl (C=O) groups excluding carboxylic acids is 2. The number of carbonyl (C=O) groups is 2. The molecule has 8 heteroatoms. The summed E-state index contributed by atoms with van der Waals surface area (Å²) in [5.41, 5.74) is 2.03. The maximum absolute atomic E-state index is 13.3. The maximum Gasteiger partial charge on any atom is 0.244 e. The van der Waals surface area contributed by atoms with E-state index in [0.717, 1.165) is 30.5 Å². The summed E-state index contributed by atoms with van der Waals surface area (Å²) in [6, 6.07) is 12.4. The van der Waals surface area contributed by atoms with Crippen molar-refractivity contribution in [2.75, 3.05) is 29.9 Å². The number of hydrogen-bond donors (Lipinski definition) is 1. The summed E-state index contributed by atoms with van der Waals surface area (Å²) >= 11 is 0. The molecule has 0 aliphatic carbocycles. The molecule has 1 N–H and O–H groups in total. The van der Waals surface area contributed by atoms with Crippen LogP contribution in [0.4, 0.5) is 11.4 Å². The van der Waals surface area contributed by atoms with Crippen LogP contribution in [0, 0.1) is 5.92 Å². The van der Waals surface area contributed by atoms with Crippen molar-refractivity contribution in [3.63, 3.8) is 0 Å². The highest BCUT2D eigenvalue weighted by molar-refractivity contribution is 7.89. The molecule has 1 atom stereocenters. The smallest absolute Gasteiger partial charge is 0.244 e. The molecule has 0 radical (unpaired) electrons. The fraction of sp³-hybridized carbons (Fsp3) is 0.462. The second-order valence-electron chi connectivity index (χ2n) is 9.86. The lowest BCUT2D eigenvalue weighted by molar-refractivity contribution is -0.124. The fourth-order valence-electron chi connectivity index (χ4n) is 4.93. The van der Waals surface area contributed by atoms with Crippen LogP contribution in [-0.2, 0) is 31.4 Å². The number of sulfonamides is 1. The van der Waals surface area contributed by atoms with Crippen molar-refractivity contribution in [1.82, 2.24) is 4.31 Å². The van der Waals surface area contributed by atoms with E-state index >= 15 is 0 Å². The van der Waals surface area contributed by atoms with E-state index in [1.807, 2.05) is 31.2 Å². The Hall–Kier alpha value is -2.71. The topological polar surface area (TPSA) is 86.8 Å². The molecule has 0 bridgehead atoms. The third kappa shape index (κ3) is 4.36. The third-order valence-corrected chi connectivity index (χ3v) is 8.80. The largest absolute Gasteiger partial charge is 0.324 e. The van der Waals surface area contributed by atoms with Gasteiger partial charge in [-0.25, -0.2) is 8.42 Å². The Morgan fingerprint density at radius 2 is 1.91 bits per heavy atom. The van der Waals surface area contributed by atoms with E-state index in [0.29, 0.717) is 30.3 Å². The van der Waals surface area contributed by atoms with Crippen LogP contribution in [0.25, 0.3) is 0 Å². The lowest BCUT2D eigenvalue weighted by Gasteiger charge is -2.30. The molecule has 2 aromatic rings. The van der Waals surface area contributed by atoms with Gasteiger partial charge in [-0.3, -0.25) is 9.59 Å². The van der Waals surface area contributed by atoms with Crippen LogP contribution in [-0.4, -0.2) is 44.2 Å². The number of piperidine rings is 1. The first-order valence-corrected chi connectivity index (χ1v) is 13.3. The summed E-state index contributed by atoms with van der Waals surface area (Å²) in [7, 11) is -3.65. The number of benzene rings is 2. The minimum absolute atomic E-state index is 0.136. The zero-order chi connectivity index (χ0) is 24.7. The maximum atomic E-state index is 13.3. The Balaban J connectivity index is 1.60. The molecule has 0 saturated carbocycles. The lowest BCUT2D eigenvalue weighted by atomic mass is 9.86. The van der Waals surface area contributed by atoms with Crippen LogP contribution in [0.15, 0.2) is 47.4 Å². The van der Waals surface area contributed by atoms with Crippen LogP contribution in [0.5, 0.6) is 0 Å². The summed E-state index contributed by atoms with van der Waals surface area (Å²) in [4.78, 5) is 27.8. The van der Waals surface area contributed by atoms with Crippen LogP contribution in [0.3, 0.4) is 0 Å². The summed E-state index contributed by atoms with van der Waals surface area (Å²) in [5.74, 6) is -0.192. The average molecular weight is 484 g/mol. The van der Waals surface area contributed by atoms with Gasteiger partial charge in [0.1, 0.15) is 6.54 Å². The first kappa shape index (κ1) is 24.4. The molecule has 2 heterocycles. The van der Waals surface area contributed by atoms with Gasteiger partial charge in [0.25, 0.3) is 0 Å². The van der Waals surface area contributed by atoms with E-state index in [1.54, 1.807) is 36.4 Å². The van der Waals surface area contributed by atoms with Crippen molar-refractivity contribution >= 4 is 33.2 Å². The molecule has 2 amide bonds. The predicted octanol–water partition coefficient (Wildman–Crippen LogP) is 3.93. The molecule has 34 heavy (non-hydrogen) atoms. The van der Waals surface area contributed by atoms with Crippen molar-refractivity contribution in [2.45, 2.75) is 57.3 Å². The van der Waals surface area contributed by atoms with Gasteiger partial charge in [-0.05, 0) is 74.4 Å². The second kappa shape index (κ2) is 9.15. The van der Waals surface area contributed by atoms with E-state index in [1.165, 1.54) is 4.90 Å². The highest BCUT2D eigenvalue weighted by atomic mass is 32.2.